The second kappa shape index (κ2) is 4.92. The lowest BCUT2D eigenvalue weighted by atomic mass is 10.1. The van der Waals surface area contributed by atoms with Crippen LogP contribution in [0.25, 0.3) is 0 Å². The van der Waals surface area contributed by atoms with Gasteiger partial charge in [0.2, 0.25) is 11.8 Å². The van der Waals surface area contributed by atoms with Gasteiger partial charge < -0.3 is 0 Å². The first-order valence-corrected chi connectivity index (χ1v) is 5.44. The number of likely N-dealkylation sites (tertiary alicyclic amines) is 1. The molecule has 0 saturated carbocycles. The van der Waals surface area contributed by atoms with E-state index in [1.54, 1.807) is 30.3 Å². The lowest BCUT2D eigenvalue weighted by Crippen LogP contribution is -2.41. The molecule has 0 atom stereocenters. The van der Waals surface area contributed by atoms with Crippen molar-refractivity contribution >= 4 is 11.8 Å². The summed E-state index contributed by atoms with van der Waals surface area (Å²) < 4.78 is 15.8. The predicted molar refractivity (Wildman–Crippen MR) is 60.7 cm³/mol. The molecular formula is C13H15NO2. The van der Waals surface area contributed by atoms with Gasteiger partial charge >= 0.3 is 0 Å². The van der Waals surface area contributed by atoms with Crippen molar-refractivity contribution in [3.05, 3.63) is 35.9 Å². The average molecular weight is 219 g/mol. The fourth-order valence-corrected chi connectivity index (χ4v) is 1.73. The van der Waals surface area contributed by atoms with Crippen molar-refractivity contribution in [2.75, 3.05) is 6.54 Å². The van der Waals surface area contributed by atoms with Crippen LogP contribution in [0.3, 0.4) is 0 Å². The number of hydrogen-bond acceptors (Lipinski definition) is 2. The number of hydrogen-bond donors (Lipinski definition) is 0. The summed E-state index contributed by atoms with van der Waals surface area (Å²) >= 11 is 0. The minimum absolute atomic E-state index is 0.272. The molecule has 2 amide bonds. The zero-order valence-corrected chi connectivity index (χ0v) is 8.98. The maximum atomic E-state index is 12.2. The van der Waals surface area contributed by atoms with Gasteiger partial charge in [-0.1, -0.05) is 30.3 Å². The molecule has 1 aliphatic rings. The zero-order chi connectivity index (χ0) is 13.2. The number of imide groups is 1. The van der Waals surface area contributed by atoms with E-state index in [1.165, 1.54) is 0 Å². The predicted octanol–water partition coefficient (Wildman–Crippen LogP) is 1.77. The molecule has 3 nitrogen and oxygen atoms in total. The normalized spacial score (nSPS) is 19.0. The first-order valence-electron chi connectivity index (χ1n) is 6.44. The summed E-state index contributed by atoms with van der Waals surface area (Å²) in [5, 5.41) is 0. The smallest absolute Gasteiger partial charge is 0.233 e. The molecule has 1 aromatic carbocycles. The van der Waals surface area contributed by atoms with Gasteiger partial charge in [-0.3, -0.25) is 14.5 Å². The molecule has 1 aromatic rings. The van der Waals surface area contributed by atoms with E-state index in [2.05, 4.69) is 0 Å². The monoisotopic (exact) mass is 219 g/mol. The minimum atomic E-state index is -2.14. The van der Waals surface area contributed by atoms with Crippen molar-refractivity contribution < 1.29 is 12.3 Å². The third-order valence-electron chi connectivity index (χ3n) is 2.59. The van der Waals surface area contributed by atoms with Crippen LogP contribution in [0.5, 0.6) is 0 Å². The number of amides is 2. The largest absolute Gasteiger partial charge is 0.282 e. The fraction of sp³-hybridized carbons (Fsp3) is 0.385. The molecule has 0 aromatic heterocycles. The van der Waals surface area contributed by atoms with Crippen molar-refractivity contribution in [1.29, 1.82) is 0 Å². The highest BCUT2D eigenvalue weighted by Crippen LogP contribution is 2.12. The van der Waals surface area contributed by atoms with Gasteiger partial charge in [0.15, 0.2) is 0 Å². The van der Waals surface area contributed by atoms with Crippen molar-refractivity contribution in [2.24, 2.45) is 0 Å². The van der Waals surface area contributed by atoms with Gasteiger partial charge in [-0.15, -0.1) is 0 Å². The van der Waals surface area contributed by atoms with Crippen LogP contribution in [0.1, 0.15) is 27.6 Å². The Morgan fingerprint density at radius 2 is 2.06 bits per heavy atom. The number of carbonyl (C=O) groups excluding carboxylic acids is 2. The maximum Gasteiger partial charge on any atom is 0.233 e. The molecule has 0 unspecified atom stereocenters. The first kappa shape index (κ1) is 8.50. The maximum absolute atomic E-state index is 12.2. The van der Waals surface area contributed by atoms with E-state index in [0.717, 1.165) is 17.7 Å². The number of rotatable bonds is 2. The van der Waals surface area contributed by atoms with Gasteiger partial charge in [0, 0.05) is 15.7 Å². The zero-order valence-electron chi connectivity index (χ0n) is 11.0. The molecule has 2 rings (SSSR count). The summed E-state index contributed by atoms with van der Waals surface area (Å²) in [5.41, 5.74) is 0.286. The van der Waals surface area contributed by atoms with Crippen LogP contribution in [0.2, 0.25) is 0 Å². The quantitative estimate of drug-likeness (QED) is 0.760. The lowest BCUT2D eigenvalue weighted by molar-refractivity contribution is -0.146. The molecule has 16 heavy (non-hydrogen) atoms. The second-order valence-electron chi connectivity index (χ2n) is 3.80. The number of nitrogens with zero attached hydrogens (tertiary/aromatic N) is 1. The highest BCUT2D eigenvalue weighted by molar-refractivity contribution is 5.96. The van der Waals surface area contributed by atoms with Gasteiger partial charge in [-0.25, -0.2) is 0 Å². The van der Waals surface area contributed by atoms with Crippen molar-refractivity contribution in [2.45, 2.75) is 25.6 Å². The Hall–Kier alpha value is -1.64. The van der Waals surface area contributed by atoms with Crippen molar-refractivity contribution in [3.63, 3.8) is 0 Å². The molecule has 1 fully saturated rings. The summed E-state index contributed by atoms with van der Waals surface area (Å²) in [6.45, 7) is 0.323. The summed E-state index contributed by atoms with van der Waals surface area (Å²) in [7, 11) is 0. The third kappa shape index (κ3) is 2.48. The number of benzene rings is 1. The third-order valence-corrected chi connectivity index (χ3v) is 2.59. The van der Waals surface area contributed by atoms with Crippen LogP contribution < -0.4 is 0 Å². The molecule has 3 heteroatoms. The van der Waals surface area contributed by atoms with E-state index in [9.17, 15) is 9.59 Å². The molecule has 0 radical (unpaired) electrons. The van der Waals surface area contributed by atoms with Gasteiger partial charge in [0.05, 0.1) is 6.37 Å². The molecule has 1 aliphatic heterocycles. The molecular weight excluding hydrogens is 202 g/mol. The summed E-state index contributed by atoms with van der Waals surface area (Å²) in [5.74, 6) is -1.02. The standard InChI is InChI=1S/C13H15NO2/c15-12-8-4-5-9-14(12)13(16)10-11-6-2-1-3-7-11/h1-3,6-7H,4-5,8-10H2/i10D2. The highest BCUT2D eigenvalue weighted by Gasteiger charge is 2.23. The molecule has 1 saturated heterocycles. The molecule has 0 aliphatic carbocycles. The van der Waals surface area contributed by atoms with Crippen molar-refractivity contribution in [1.82, 2.24) is 4.90 Å². The van der Waals surface area contributed by atoms with Crippen LogP contribution in [0.4, 0.5) is 0 Å². The Morgan fingerprint density at radius 3 is 2.75 bits per heavy atom. The van der Waals surface area contributed by atoms with E-state index < -0.39 is 12.3 Å². The minimum Gasteiger partial charge on any atom is -0.282 e. The van der Waals surface area contributed by atoms with Crippen LogP contribution in [-0.2, 0) is 16.0 Å². The fourth-order valence-electron chi connectivity index (χ4n) is 1.73. The van der Waals surface area contributed by atoms with Crippen LogP contribution >= 0.6 is 0 Å². The van der Waals surface area contributed by atoms with Gasteiger partial charge in [-0.05, 0) is 18.4 Å². The second-order valence-corrected chi connectivity index (χ2v) is 3.80. The summed E-state index contributed by atoms with van der Waals surface area (Å²) in [6.07, 6.45) is -0.288. The van der Waals surface area contributed by atoms with Crippen LogP contribution in [0, 0.1) is 0 Å². The SMILES string of the molecule is [2H]C([2H])(C(=O)N1CCCCC1=O)c1ccccc1. The van der Waals surface area contributed by atoms with Gasteiger partial charge in [-0.2, -0.15) is 0 Å². The molecule has 0 bridgehead atoms. The Kier molecular flexibility index (Phi) is 2.62. The van der Waals surface area contributed by atoms with Crippen molar-refractivity contribution in [3.8, 4) is 0 Å². The van der Waals surface area contributed by atoms with E-state index >= 15 is 0 Å². The Bertz CT molecular complexity index is 459. The van der Waals surface area contributed by atoms with E-state index in [0.29, 0.717) is 13.0 Å². The number of piperidine rings is 1. The Labute approximate surface area is 97.9 Å². The first-order chi connectivity index (χ1) is 8.53. The van der Waals surface area contributed by atoms with Gasteiger partial charge in [0.1, 0.15) is 0 Å². The molecule has 0 N–H and O–H groups in total. The average Bonchev–Trinajstić information content (AvgIpc) is 2.39. The molecule has 84 valence electrons. The topological polar surface area (TPSA) is 37.4 Å². The summed E-state index contributed by atoms with van der Waals surface area (Å²) in [4.78, 5) is 24.9. The van der Waals surface area contributed by atoms with E-state index in [-0.39, 0.29) is 11.5 Å². The highest BCUT2D eigenvalue weighted by atomic mass is 16.2. The molecule has 0 spiro atoms. The Balaban J connectivity index is 2.24. The number of carbonyl (C=O) groups is 2. The summed E-state index contributed by atoms with van der Waals surface area (Å²) in [6, 6.07) is 8.24. The van der Waals surface area contributed by atoms with Crippen LogP contribution in [0.15, 0.2) is 30.3 Å². The van der Waals surface area contributed by atoms with Crippen LogP contribution in [-0.4, -0.2) is 23.3 Å². The lowest BCUT2D eigenvalue weighted by Gasteiger charge is -2.24. The van der Waals surface area contributed by atoms with E-state index in [1.807, 2.05) is 0 Å². The van der Waals surface area contributed by atoms with E-state index in [4.69, 9.17) is 2.74 Å². The van der Waals surface area contributed by atoms with Gasteiger partial charge in [0.25, 0.3) is 0 Å². The Morgan fingerprint density at radius 1 is 1.31 bits per heavy atom. The molecule has 1 heterocycles.